The van der Waals surface area contributed by atoms with Gasteiger partial charge >= 0.3 is 23.7 Å². The summed E-state index contributed by atoms with van der Waals surface area (Å²) < 4.78 is 377. The number of ether oxygens (including phenoxy) is 4. The minimum absolute atomic E-state index is 0.480. The second-order valence-corrected chi connectivity index (χ2v) is 16.4. The van der Waals surface area contributed by atoms with E-state index in [-0.39, 0.29) is 0 Å². The van der Waals surface area contributed by atoms with Gasteiger partial charge in [-0.1, -0.05) is 59.7 Å². The van der Waals surface area contributed by atoms with Crippen molar-refractivity contribution in [2.75, 3.05) is 13.2 Å². The van der Waals surface area contributed by atoms with Crippen molar-refractivity contribution in [1.29, 1.82) is 0 Å². The Morgan fingerprint density at radius 2 is 0.590 bits per heavy atom. The van der Waals surface area contributed by atoms with Crippen molar-refractivity contribution in [3.8, 4) is 67.9 Å². The zero-order valence-electron chi connectivity index (χ0n) is 38.0. The lowest BCUT2D eigenvalue weighted by atomic mass is 9.99. The molecule has 0 fully saturated rings. The zero-order valence-corrected chi connectivity index (χ0v) is 38.0. The van der Waals surface area contributed by atoms with E-state index in [1.165, 1.54) is 31.2 Å². The van der Waals surface area contributed by atoms with Gasteiger partial charge in [0.15, 0.2) is 71.3 Å². The summed E-state index contributed by atoms with van der Waals surface area (Å²) in [5.41, 5.74) is -8.25. The number of benzene rings is 7. The van der Waals surface area contributed by atoms with Gasteiger partial charge in [-0.2, -0.15) is 70.2 Å². The number of alkyl halides is 8. The molecule has 414 valence electrons. The topological polar surface area (TPSA) is 36.9 Å². The molecule has 28 heteroatoms. The lowest BCUT2D eigenvalue weighted by Gasteiger charge is -2.36. The van der Waals surface area contributed by atoms with Gasteiger partial charge in [-0.25, -0.2) is 35.1 Å². The van der Waals surface area contributed by atoms with E-state index in [2.05, 4.69) is 9.47 Å². The highest BCUT2D eigenvalue weighted by molar-refractivity contribution is 5.71. The van der Waals surface area contributed by atoms with Crippen molar-refractivity contribution >= 4 is 0 Å². The maximum absolute atomic E-state index is 15.3. The Morgan fingerprint density at radius 3 is 0.885 bits per heavy atom. The molecule has 7 aromatic rings. The average molecular weight is 1140 g/mol. The van der Waals surface area contributed by atoms with Gasteiger partial charge in [-0.3, -0.25) is 0 Å². The van der Waals surface area contributed by atoms with Crippen molar-refractivity contribution in [3.05, 3.63) is 177 Å². The molecule has 78 heavy (non-hydrogen) atoms. The van der Waals surface area contributed by atoms with E-state index in [1.54, 1.807) is 31.2 Å². The first-order valence-electron chi connectivity index (χ1n) is 21.0. The van der Waals surface area contributed by atoms with Crippen LogP contribution in [-0.2, 0) is 0 Å². The van der Waals surface area contributed by atoms with Gasteiger partial charge in [0.2, 0.25) is 58.0 Å². The summed E-state index contributed by atoms with van der Waals surface area (Å²) in [4.78, 5) is 0. The van der Waals surface area contributed by atoms with Crippen LogP contribution in [0.1, 0.15) is 11.1 Å². The predicted molar refractivity (Wildman–Crippen MR) is 222 cm³/mol. The number of rotatable bonds is 16. The fourth-order valence-electron chi connectivity index (χ4n) is 7.11. The van der Waals surface area contributed by atoms with Crippen LogP contribution in [0.2, 0.25) is 0 Å². The number of hydrogen-bond acceptors (Lipinski definition) is 4. The molecular weight excluding hydrogens is 1120 g/mol. The van der Waals surface area contributed by atoms with Crippen LogP contribution in [0.4, 0.5) is 105 Å². The molecule has 0 atom stereocenters. The Morgan fingerprint density at radius 1 is 0.308 bits per heavy atom. The van der Waals surface area contributed by atoms with Crippen LogP contribution in [0.25, 0.3) is 33.4 Å². The van der Waals surface area contributed by atoms with Crippen molar-refractivity contribution in [2.45, 2.75) is 37.5 Å². The third-order valence-electron chi connectivity index (χ3n) is 11.2. The lowest BCUT2D eigenvalue weighted by Crippen LogP contribution is -2.65. The van der Waals surface area contributed by atoms with Gasteiger partial charge in [0, 0.05) is 0 Å². The standard InChI is InChI=1S/C50H22F24O4/c1-17-6-10-21(11-7-17)77-45-39(63)31(55)25(32(56)40(45)64)23-27(51)35(59)43(36(60)28(23)52)75-15-47(67,68)49(71,72)50(73,74)48(69,70)16-76-44-37(61)29(53)24(30(54)38(44)62)26-33(57)41(65)46(42(66)34(26)58)78-22-12-8-19(9-13-22)20-5-3-4-18(2)14-20/h3-14H,15-16H2,1-2H3. The van der Waals surface area contributed by atoms with Crippen LogP contribution in [0.3, 0.4) is 0 Å². The van der Waals surface area contributed by atoms with Gasteiger partial charge in [-0.15, -0.1) is 0 Å². The molecule has 0 bridgehead atoms. The smallest absolute Gasteiger partial charge is 0.381 e. The molecule has 0 N–H and O–H groups in total. The van der Waals surface area contributed by atoms with Crippen LogP contribution >= 0.6 is 0 Å². The van der Waals surface area contributed by atoms with Crippen LogP contribution < -0.4 is 18.9 Å². The molecule has 0 aliphatic carbocycles. The maximum atomic E-state index is 15.3. The largest absolute Gasteiger partial charge is 0.481 e. The molecule has 7 aromatic carbocycles. The third-order valence-corrected chi connectivity index (χ3v) is 11.2. The van der Waals surface area contributed by atoms with Crippen LogP contribution in [0.15, 0.2) is 72.8 Å². The molecule has 0 spiro atoms. The molecule has 7 rings (SSSR count). The number of hydrogen-bond donors (Lipinski definition) is 0. The van der Waals surface area contributed by atoms with Crippen molar-refractivity contribution in [1.82, 2.24) is 0 Å². The molecule has 0 heterocycles. The summed E-state index contributed by atoms with van der Waals surface area (Å²) >= 11 is 0. The molecule has 0 radical (unpaired) electrons. The molecular formula is C50H22F24O4. The summed E-state index contributed by atoms with van der Waals surface area (Å²) in [5, 5.41) is 0. The molecule has 0 saturated heterocycles. The lowest BCUT2D eigenvalue weighted by molar-refractivity contribution is -0.372. The quantitative estimate of drug-likeness (QED) is 0.0714. The Hall–Kier alpha value is -7.94. The van der Waals surface area contributed by atoms with E-state index >= 15 is 61.5 Å². The van der Waals surface area contributed by atoms with Gasteiger partial charge in [0.05, 0.1) is 22.3 Å². The zero-order chi connectivity index (χ0) is 58.0. The van der Waals surface area contributed by atoms with E-state index in [0.29, 0.717) is 16.7 Å². The first-order chi connectivity index (χ1) is 36.2. The molecule has 0 aliphatic heterocycles. The number of halogens is 24. The third kappa shape index (κ3) is 9.76. The molecule has 0 saturated carbocycles. The second-order valence-electron chi connectivity index (χ2n) is 16.4. The Bertz CT molecular complexity index is 3400. The van der Waals surface area contributed by atoms with Crippen LogP contribution in [0, 0.1) is 107 Å². The van der Waals surface area contributed by atoms with Gasteiger partial charge < -0.3 is 18.9 Å². The van der Waals surface area contributed by atoms with Crippen LogP contribution in [0.5, 0.6) is 34.5 Å². The highest BCUT2D eigenvalue weighted by Crippen LogP contribution is 2.54. The number of aryl methyl sites for hydroxylation is 2. The van der Waals surface area contributed by atoms with E-state index in [4.69, 9.17) is 9.47 Å². The Labute approximate surface area is 419 Å². The molecule has 4 nitrogen and oxygen atoms in total. The highest BCUT2D eigenvalue weighted by atomic mass is 19.4. The van der Waals surface area contributed by atoms with E-state index in [1.807, 2.05) is 0 Å². The van der Waals surface area contributed by atoms with Gasteiger partial charge in [-0.05, 0) is 49.2 Å². The van der Waals surface area contributed by atoms with Gasteiger partial charge in [0.25, 0.3) is 0 Å². The summed E-state index contributed by atoms with van der Waals surface area (Å²) in [7, 11) is 0. The fraction of sp³-hybridized carbons (Fsp3) is 0.160. The van der Waals surface area contributed by atoms with Crippen molar-refractivity contribution in [3.63, 3.8) is 0 Å². The Kier molecular flexibility index (Phi) is 15.4. The summed E-state index contributed by atoms with van der Waals surface area (Å²) in [6.07, 6.45) is 0. The van der Waals surface area contributed by atoms with Crippen molar-refractivity contribution in [2.24, 2.45) is 0 Å². The SMILES string of the molecule is Cc1ccc(Oc2c(F)c(F)c(-c3c(F)c(F)c(OCC(F)(F)C(F)(F)C(F)(F)C(F)(F)COc4c(F)c(F)c(-c5c(F)c(F)c(Oc6ccc(-c7cccc(C)c7)cc6)c(F)c5F)c(F)c4F)c(F)c3F)c(F)c2F)cc1. The normalized spacial score (nSPS) is 12.3. The summed E-state index contributed by atoms with van der Waals surface area (Å²) in [6, 6.07) is 16.0. The summed E-state index contributed by atoms with van der Waals surface area (Å²) in [6.45, 7) is -4.22. The maximum Gasteiger partial charge on any atom is 0.381 e. The van der Waals surface area contributed by atoms with E-state index in [0.717, 1.165) is 29.8 Å². The van der Waals surface area contributed by atoms with Gasteiger partial charge in [0.1, 0.15) is 11.5 Å². The summed E-state index contributed by atoms with van der Waals surface area (Å²) in [5.74, 6) is -88.3. The minimum atomic E-state index is -7.71. The first-order valence-corrected chi connectivity index (χ1v) is 21.0. The monoisotopic (exact) mass is 1140 g/mol. The molecule has 0 unspecified atom stereocenters. The van der Waals surface area contributed by atoms with E-state index in [9.17, 15) is 43.9 Å². The first kappa shape index (κ1) is 57.8. The molecule has 0 amide bonds. The molecule has 0 aromatic heterocycles. The highest BCUT2D eigenvalue weighted by Gasteiger charge is 2.81. The average Bonchev–Trinajstić information content (AvgIpc) is 3.54. The molecule has 0 aliphatic rings. The van der Waals surface area contributed by atoms with Crippen molar-refractivity contribution < 1.29 is 124 Å². The second kappa shape index (κ2) is 20.8. The predicted octanol–water partition coefficient (Wildman–Crippen LogP) is 17.1. The van der Waals surface area contributed by atoms with Crippen LogP contribution in [-0.4, -0.2) is 36.9 Å². The Balaban J connectivity index is 1.11. The fourth-order valence-corrected chi connectivity index (χ4v) is 7.11. The van der Waals surface area contributed by atoms with E-state index < -0.39 is 187 Å². The minimum Gasteiger partial charge on any atom is -0.481 e.